The van der Waals surface area contributed by atoms with Crippen LogP contribution in [0.4, 0.5) is 0 Å². The molecule has 0 aromatic heterocycles. The minimum atomic E-state index is 0.379. The molecule has 0 saturated carbocycles. The molecule has 100 valence electrons. The summed E-state index contributed by atoms with van der Waals surface area (Å²) < 4.78 is 0.779. The van der Waals surface area contributed by atoms with E-state index in [0.717, 1.165) is 42.8 Å². The predicted octanol–water partition coefficient (Wildman–Crippen LogP) is 2.68. The summed E-state index contributed by atoms with van der Waals surface area (Å²) in [5.74, 6) is 0.379. The van der Waals surface area contributed by atoms with Crippen molar-refractivity contribution in [3.8, 4) is 5.75 Å². The molecule has 1 saturated heterocycles. The number of phenolic OH excluding ortho intramolecular Hbond substituents is 1. The Hall–Kier alpha value is -0.580. The largest absolute Gasteiger partial charge is 0.506 e. The highest BCUT2D eigenvalue weighted by Crippen LogP contribution is 2.28. The molecule has 3 nitrogen and oxygen atoms in total. The third-order valence-corrected chi connectivity index (χ3v) is 4.24. The highest BCUT2D eigenvalue weighted by atomic mass is 79.9. The van der Waals surface area contributed by atoms with Gasteiger partial charge in [-0.1, -0.05) is 12.1 Å². The number of benzene rings is 1. The molecule has 1 aromatic carbocycles. The van der Waals surface area contributed by atoms with Gasteiger partial charge in [0, 0.05) is 44.3 Å². The lowest BCUT2D eigenvalue weighted by Crippen LogP contribution is -2.48. The Morgan fingerprint density at radius 1 is 1.22 bits per heavy atom. The van der Waals surface area contributed by atoms with Crippen LogP contribution in [-0.2, 0) is 6.54 Å². The van der Waals surface area contributed by atoms with Crippen LogP contribution in [0.25, 0.3) is 0 Å². The first-order valence-corrected chi connectivity index (χ1v) is 7.30. The fourth-order valence-electron chi connectivity index (χ4n) is 2.37. The van der Waals surface area contributed by atoms with Crippen molar-refractivity contribution in [3.05, 3.63) is 28.2 Å². The fourth-order valence-corrected chi connectivity index (χ4v) is 2.77. The molecular formula is C14H21BrN2O. The van der Waals surface area contributed by atoms with Gasteiger partial charge in [0.25, 0.3) is 0 Å². The number of phenols is 1. The van der Waals surface area contributed by atoms with Crippen molar-refractivity contribution >= 4 is 15.9 Å². The Morgan fingerprint density at radius 3 is 2.50 bits per heavy atom. The molecule has 0 atom stereocenters. The van der Waals surface area contributed by atoms with Crippen LogP contribution in [0.15, 0.2) is 22.7 Å². The number of aromatic hydroxyl groups is 1. The second-order valence-electron chi connectivity index (χ2n) is 5.15. The van der Waals surface area contributed by atoms with Crippen LogP contribution in [0.2, 0.25) is 0 Å². The van der Waals surface area contributed by atoms with Crippen LogP contribution in [0, 0.1) is 0 Å². The number of hydrogen-bond acceptors (Lipinski definition) is 3. The SMILES string of the molecule is CC(C)N1CCN(Cc2cccc(Br)c2O)CC1. The van der Waals surface area contributed by atoms with E-state index in [-0.39, 0.29) is 0 Å². The van der Waals surface area contributed by atoms with Crippen molar-refractivity contribution in [2.45, 2.75) is 26.4 Å². The molecule has 1 N–H and O–H groups in total. The van der Waals surface area contributed by atoms with Gasteiger partial charge < -0.3 is 5.11 Å². The van der Waals surface area contributed by atoms with Crippen molar-refractivity contribution in [3.63, 3.8) is 0 Å². The number of rotatable bonds is 3. The molecule has 0 amide bonds. The zero-order valence-corrected chi connectivity index (χ0v) is 12.7. The van der Waals surface area contributed by atoms with Crippen LogP contribution < -0.4 is 0 Å². The van der Waals surface area contributed by atoms with Gasteiger partial charge in [0.15, 0.2) is 0 Å². The zero-order chi connectivity index (χ0) is 13.1. The van der Waals surface area contributed by atoms with Crippen molar-refractivity contribution in [2.75, 3.05) is 26.2 Å². The van der Waals surface area contributed by atoms with E-state index in [1.54, 1.807) is 0 Å². The van der Waals surface area contributed by atoms with E-state index >= 15 is 0 Å². The lowest BCUT2D eigenvalue weighted by atomic mass is 10.1. The number of halogens is 1. The number of nitrogens with zero attached hydrogens (tertiary/aromatic N) is 2. The molecule has 0 unspecified atom stereocenters. The minimum absolute atomic E-state index is 0.379. The van der Waals surface area contributed by atoms with Crippen LogP contribution in [0.1, 0.15) is 19.4 Å². The highest BCUT2D eigenvalue weighted by Gasteiger charge is 2.19. The first kappa shape index (κ1) is 13.8. The third-order valence-electron chi connectivity index (χ3n) is 3.60. The van der Waals surface area contributed by atoms with Crippen LogP contribution in [0.5, 0.6) is 5.75 Å². The van der Waals surface area contributed by atoms with Gasteiger partial charge in [0.05, 0.1) is 4.47 Å². The zero-order valence-electron chi connectivity index (χ0n) is 11.1. The summed E-state index contributed by atoms with van der Waals surface area (Å²) in [7, 11) is 0. The van der Waals surface area contributed by atoms with Gasteiger partial charge in [0.2, 0.25) is 0 Å². The Morgan fingerprint density at radius 2 is 1.89 bits per heavy atom. The Balaban J connectivity index is 1.94. The normalized spacial score (nSPS) is 18.4. The maximum atomic E-state index is 9.98. The molecule has 0 bridgehead atoms. The second-order valence-corrected chi connectivity index (χ2v) is 6.01. The van der Waals surface area contributed by atoms with E-state index in [4.69, 9.17) is 0 Å². The molecule has 1 fully saturated rings. The molecule has 1 aliphatic heterocycles. The molecule has 0 aliphatic carbocycles. The predicted molar refractivity (Wildman–Crippen MR) is 77.8 cm³/mol. The topological polar surface area (TPSA) is 26.7 Å². The Labute approximate surface area is 118 Å². The van der Waals surface area contributed by atoms with E-state index in [2.05, 4.69) is 39.6 Å². The molecule has 0 radical (unpaired) electrons. The maximum absolute atomic E-state index is 9.98. The summed E-state index contributed by atoms with van der Waals surface area (Å²) in [6.07, 6.45) is 0. The van der Waals surface area contributed by atoms with E-state index in [1.807, 2.05) is 18.2 Å². The van der Waals surface area contributed by atoms with E-state index < -0.39 is 0 Å². The Bertz CT molecular complexity index is 401. The lowest BCUT2D eigenvalue weighted by molar-refractivity contribution is 0.103. The van der Waals surface area contributed by atoms with Gasteiger partial charge in [-0.2, -0.15) is 0 Å². The molecule has 2 rings (SSSR count). The molecule has 18 heavy (non-hydrogen) atoms. The molecule has 1 aliphatic rings. The van der Waals surface area contributed by atoms with Crippen LogP contribution in [-0.4, -0.2) is 47.1 Å². The first-order valence-electron chi connectivity index (χ1n) is 6.50. The molecule has 1 heterocycles. The van der Waals surface area contributed by atoms with Gasteiger partial charge in [-0.25, -0.2) is 0 Å². The standard InChI is InChI=1S/C14H21BrN2O/c1-11(2)17-8-6-16(7-9-17)10-12-4-3-5-13(15)14(12)18/h3-5,11,18H,6-10H2,1-2H3. The second kappa shape index (κ2) is 6.04. The quantitative estimate of drug-likeness (QED) is 0.929. The van der Waals surface area contributed by atoms with Gasteiger partial charge >= 0.3 is 0 Å². The van der Waals surface area contributed by atoms with Gasteiger partial charge in [-0.3, -0.25) is 9.80 Å². The lowest BCUT2D eigenvalue weighted by Gasteiger charge is -2.37. The summed E-state index contributed by atoms with van der Waals surface area (Å²) >= 11 is 3.36. The molecular weight excluding hydrogens is 292 g/mol. The van der Waals surface area contributed by atoms with E-state index in [0.29, 0.717) is 11.8 Å². The average Bonchev–Trinajstić information content (AvgIpc) is 2.36. The summed E-state index contributed by atoms with van der Waals surface area (Å²) in [5.41, 5.74) is 1.00. The van der Waals surface area contributed by atoms with Crippen LogP contribution in [0.3, 0.4) is 0 Å². The van der Waals surface area contributed by atoms with Crippen LogP contribution >= 0.6 is 15.9 Å². The number of para-hydroxylation sites is 1. The Kier molecular flexibility index (Phi) is 4.65. The summed E-state index contributed by atoms with van der Waals surface area (Å²) in [5, 5.41) is 9.98. The average molecular weight is 313 g/mol. The van der Waals surface area contributed by atoms with Gasteiger partial charge in [-0.05, 0) is 35.8 Å². The summed E-state index contributed by atoms with van der Waals surface area (Å²) in [4.78, 5) is 4.90. The molecule has 1 aromatic rings. The van der Waals surface area contributed by atoms with Crippen molar-refractivity contribution in [1.82, 2.24) is 9.80 Å². The van der Waals surface area contributed by atoms with Gasteiger partial charge in [-0.15, -0.1) is 0 Å². The molecule has 4 heteroatoms. The monoisotopic (exact) mass is 312 g/mol. The third kappa shape index (κ3) is 3.25. The maximum Gasteiger partial charge on any atom is 0.134 e. The van der Waals surface area contributed by atoms with E-state index in [1.165, 1.54) is 0 Å². The summed E-state index contributed by atoms with van der Waals surface area (Å²) in [6.45, 7) is 9.70. The number of piperazine rings is 1. The summed E-state index contributed by atoms with van der Waals surface area (Å²) in [6, 6.07) is 6.47. The van der Waals surface area contributed by atoms with E-state index in [9.17, 15) is 5.11 Å². The molecule has 0 spiro atoms. The highest BCUT2D eigenvalue weighted by molar-refractivity contribution is 9.10. The smallest absolute Gasteiger partial charge is 0.134 e. The fraction of sp³-hybridized carbons (Fsp3) is 0.571. The number of hydrogen-bond donors (Lipinski definition) is 1. The first-order chi connectivity index (χ1) is 8.58. The van der Waals surface area contributed by atoms with Gasteiger partial charge in [0.1, 0.15) is 5.75 Å². The van der Waals surface area contributed by atoms with Crippen molar-refractivity contribution in [2.24, 2.45) is 0 Å². The van der Waals surface area contributed by atoms with Crippen molar-refractivity contribution < 1.29 is 5.11 Å². The minimum Gasteiger partial charge on any atom is -0.506 e. The van der Waals surface area contributed by atoms with Crippen molar-refractivity contribution in [1.29, 1.82) is 0 Å².